The van der Waals surface area contributed by atoms with Crippen molar-refractivity contribution < 1.29 is 0 Å². The van der Waals surface area contributed by atoms with Crippen LogP contribution in [0.25, 0.3) is 0 Å². The molecule has 6 heteroatoms. The lowest BCUT2D eigenvalue weighted by Gasteiger charge is -2.08. The Morgan fingerprint density at radius 2 is 2.50 bits per heavy atom. The second kappa shape index (κ2) is 2.89. The highest BCUT2D eigenvalue weighted by atomic mass is 32.1. The van der Waals surface area contributed by atoms with E-state index in [1.54, 1.807) is 4.68 Å². The molecule has 0 fully saturated rings. The zero-order valence-corrected chi connectivity index (χ0v) is 6.64. The molecule has 0 aromatic carbocycles. The minimum Gasteiger partial charge on any atom is -0.299 e. The van der Waals surface area contributed by atoms with Gasteiger partial charge in [-0.3, -0.25) is 5.32 Å². The molecule has 1 aromatic rings. The number of aromatic nitrogens is 4. The summed E-state index contributed by atoms with van der Waals surface area (Å²) in [6, 6.07) is 0. The van der Waals surface area contributed by atoms with Crippen LogP contribution in [0.1, 0.15) is 13.1 Å². The van der Waals surface area contributed by atoms with Crippen molar-refractivity contribution in [2.45, 2.75) is 13.1 Å². The van der Waals surface area contributed by atoms with E-state index in [2.05, 4.69) is 20.8 Å². The van der Waals surface area contributed by atoms with Crippen LogP contribution in [0.2, 0.25) is 0 Å². The largest absolute Gasteiger partial charge is 0.299 e. The Kier molecular flexibility index (Phi) is 2.13. The SMILES string of the molecule is CNC(C)n1[nH]nnc1=S. The summed E-state index contributed by atoms with van der Waals surface area (Å²) in [7, 11) is 1.84. The Morgan fingerprint density at radius 1 is 1.80 bits per heavy atom. The van der Waals surface area contributed by atoms with E-state index in [4.69, 9.17) is 12.2 Å². The fourth-order valence-electron chi connectivity index (χ4n) is 0.586. The van der Waals surface area contributed by atoms with E-state index >= 15 is 0 Å². The molecule has 0 spiro atoms. The molecule has 0 saturated carbocycles. The first-order valence-corrected chi connectivity index (χ1v) is 3.33. The molecular weight excluding hydrogens is 150 g/mol. The van der Waals surface area contributed by atoms with Gasteiger partial charge in [-0.2, -0.15) is 5.21 Å². The summed E-state index contributed by atoms with van der Waals surface area (Å²) in [6.07, 6.45) is 0.113. The van der Waals surface area contributed by atoms with Gasteiger partial charge in [-0.25, -0.2) is 4.68 Å². The molecule has 1 atom stereocenters. The van der Waals surface area contributed by atoms with Gasteiger partial charge in [0.1, 0.15) is 6.17 Å². The van der Waals surface area contributed by atoms with Crippen LogP contribution in [0.3, 0.4) is 0 Å². The average molecular weight is 159 g/mol. The van der Waals surface area contributed by atoms with Gasteiger partial charge in [0.05, 0.1) is 0 Å². The first-order chi connectivity index (χ1) is 4.75. The maximum atomic E-state index is 4.85. The monoisotopic (exact) mass is 159 g/mol. The average Bonchev–Trinajstić information content (AvgIpc) is 2.34. The molecule has 0 aliphatic rings. The summed E-state index contributed by atoms with van der Waals surface area (Å²) < 4.78 is 2.12. The Hall–Kier alpha value is -0.750. The van der Waals surface area contributed by atoms with Gasteiger partial charge >= 0.3 is 0 Å². The molecule has 1 rings (SSSR count). The third kappa shape index (κ3) is 1.22. The van der Waals surface area contributed by atoms with Gasteiger partial charge in [0.2, 0.25) is 4.77 Å². The van der Waals surface area contributed by atoms with Crippen molar-refractivity contribution in [1.29, 1.82) is 0 Å². The number of rotatable bonds is 2. The van der Waals surface area contributed by atoms with Crippen LogP contribution in [0.4, 0.5) is 0 Å². The first kappa shape index (κ1) is 7.36. The lowest BCUT2D eigenvalue weighted by atomic mass is 10.6. The molecule has 0 aliphatic heterocycles. The molecule has 0 radical (unpaired) electrons. The number of nitrogens with zero attached hydrogens (tertiary/aromatic N) is 3. The highest BCUT2D eigenvalue weighted by molar-refractivity contribution is 7.71. The predicted octanol–water partition coefficient (Wildman–Crippen LogP) is 0.0736. The summed E-state index contributed by atoms with van der Waals surface area (Å²) in [6.45, 7) is 1.95. The summed E-state index contributed by atoms with van der Waals surface area (Å²) in [4.78, 5) is 0. The van der Waals surface area contributed by atoms with E-state index in [9.17, 15) is 0 Å². The number of H-pyrrole nitrogens is 1. The van der Waals surface area contributed by atoms with Crippen molar-refractivity contribution in [3.63, 3.8) is 0 Å². The van der Waals surface area contributed by atoms with E-state index in [0.717, 1.165) is 0 Å². The van der Waals surface area contributed by atoms with Gasteiger partial charge in [-0.1, -0.05) is 10.3 Å². The number of tetrazole rings is 1. The molecule has 0 aliphatic carbocycles. The number of hydrogen-bond donors (Lipinski definition) is 2. The molecule has 5 nitrogen and oxygen atoms in total. The quantitative estimate of drug-likeness (QED) is 0.600. The lowest BCUT2D eigenvalue weighted by molar-refractivity contribution is 0.418. The van der Waals surface area contributed by atoms with Crippen molar-refractivity contribution in [1.82, 2.24) is 25.5 Å². The first-order valence-electron chi connectivity index (χ1n) is 2.92. The smallest absolute Gasteiger partial charge is 0.239 e. The molecule has 1 unspecified atom stereocenters. The lowest BCUT2D eigenvalue weighted by Crippen LogP contribution is -2.20. The summed E-state index contributed by atoms with van der Waals surface area (Å²) in [5, 5.41) is 12.8. The van der Waals surface area contributed by atoms with Crippen molar-refractivity contribution in [3.05, 3.63) is 4.77 Å². The topological polar surface area (TPSA) is 58.5 Å². The van der Waals surface area contributed by atoms with Gasteiger partial charge in [0.15, 0.2) is 0 Å². The maximum Gasteiger partial charge on any atom is 0.239 e. The predicted molar refractivity (Wildman–Crippen MR) is 39.0 cm³/mol. The third-order valence-corrected chi connectivity index (χ3v) is 1.58. The zero-order valence-electron chi connectivity index (χ0n) is 5.83. The highest BCUT2D eigenvalue weighted by Crippen LogP contribution is 1.94. The molecule has 1 heterocycles. The van der Waals surface area contributed by atoms with Gasteiger partial charge < -0.3 is 0 Å². The minimum atomic E-state index is 0.113. The van der Waals surface area contributed by atoms with Crippen LogP contribution < -0.4 is 5.32 Å². The standard InChI is InChI=1S/C4H9N5S/c1-3(5-2)9-4(10)6-7-8-9/h3,5H,1-2H3,(H,6,8,10). The van der Waals surface area contributed by atoms with Crippen LogP contribution in [0.5, 0.6) is 0 Å². The van der Waals surface area contributed by atoms with E-state index in [1.807, 2.05) is 14.0 Å². The Labute approximate surface area is 63.4 Å². The maximum absolute atomic E-state index is 4.85. The molecule has 1 aromatic heterocycles. The van der Waals surface area contributed by atoms with E-state index < -0.39 is 0 Å². The van der Waals surface area contributed by atoms with Crippen molar-refractivity contribution in [2.75, 3.05) is 7.05 Å². The van der Waals surface area contributed by atoms with E-state index in [1.165, 1.54) is 0 Å². The molecule has 0 saturated heterocycles. The van der Waals surface area contributed by atoms with Crippen molar-refractivity contribution >= 4 is 12.2 Å². The molecule has 0 bridgehead atoms. The second-order valence-corrected chi connectivity index (χ2v) is 2.28. The second-order valence-electron chi connectivity index (χ2n) is 1.92. The summed E-state index contributed by atoms with van der Waals surface area (Å²) >= 11 is 4.85. The number of aromatic amines is 1. The molecule has 2 N–H and O–H groups in total. The van der Waals surface area contributed by atoms with Gasteiger partial charge in [-0.05, 0) is 26.2 Å². The van der Waals surface area contributed by atoms with Gasteiger partial charge in [0, 0.05) is 0 Å². The fourth-order valence-corrected chi connectivity index (χ4v) is 0.825. The van der Waals surface area contributed by atoms with E-state index in [-0.39, 0.29) is 6.17 Å². The van der Waals surface area contributed by atoms with Crippen molar-refractivity contribution in [3.8, 4) is 0 Å². The highest BCUT2D eigenvalue weighted by Gasteiger charge is 2.01. The van der Waals surface area contributed by atoms with Crippen LogP contribution in [0.15, 0.2) is 0 Å². The normalized spacial score (nSPS) is 13.4. The summed E-state index contributed by atoms with van der Waals surface area (Å²) in [5.74, 6) is 0. The molecule has 0 amide bonds. The van der Waals surface area contributed by atoms with E-state index in [0.29, 0.717) is 4.77 Å². The minimum absolute atomic E-state index is 0.113. The number of nitrogens with one attached hydrogen (secondary N) is 2. The molecule has 10 heavy (non-hydrogen) atoms. The molecular formula is C4H9N5S. The van der Waals surface area contributed by atoms with Crippen LogP contribution in [-0.2, 0) is 0 Å². The third-order valence-electron chi connectivity index (χ3n) is 1.30. The molecule has 56 valence electrons. The summed E-state index contributed by atoms with van der Waals surface area (Å²) in [5.41, 5.74) is 0. The van der Waals surface area contributed by atoms with Gasteiger partial charge in [-0.15, -0.1) is 0 Å². The Bertz CT molecular complexity index is 250. The van der Waals surface area contributed by atoms with Crippen LogP contribution in [0, 0.1) is 4.77 Å². The number of hydrogen-bond acceptors (Lipinski definition) is 4. The van der Waals surface area contributed by atoms with Gasteiger partial charge in [0.25, 0.3) is 0 Å². The zero-order chi connectivity index (χ0) is 7.56. The van der Waals surface area contributed by atoms with Crippen LogP contribution >= 0.6 is 12.2 Å². The Morgan fingerprint density at radius 3 is 2.90 bits per heavy atom. The Balaban J connectivity index is 2.93. The fraction of sp³-hybridized carbons (Fsp3) is 0.750. The van der Waals surface area contributed by atoms with Crippen LogP contribution in [-0.4, -0.2) is 27.3 Å². The van der Waals surface area contributed by atoms with Crippen molar-refractivity contribution in [2.24, 2.45) is 0 Å².